The number of H-pyrrole nitrogens is 1. The minimum Gasteiger partial charge on any atom is -0.466 e. The van der Waals surface area contributed by atoms with E-state index in [1.807, 2.05) is 17.5 Å². The number of piperidine rings is 1. The Hall–Kier alpha value is -3.38. The summed E-state index contributed by atoms with van der Waals surface area (Å²) < 4.78 is 7.57. The fourth-order valence-corrected chi connectivity index (χ4v) is 5.78. The van der Waals surface area contributed by atoms with Gasteiger partial charge in [0, 0.05) is 34.8 Å². The quantitative estimate of drug-likeness (QED) is 0.317. The van der Waals surface area contributed by atoms with E-state index in [1.165, 1.54) is 46.1 Å². The molecule has 6 nitrogen and oxygen atoms in total. The molecule has 5 heterocycles. The van der Waals surface area contributed by atoms with E-state index in [-0.39, 0.29) is 0 Å². The molecule has 0 amide bonds. The number of pyridine rings is 1. The molecule has 1 N–H and O–H groups in total. The third kappa shape index (κ3) is 4.06. The molecular weight excluding hydrogens is 434 g/mol. The smallest absolute Gasteiger partial charge is 0.155 e. The molecule has 0 saturated carbocycles. The van der Waals surface area contributed by atoms with Crippen molar-refractivity contribution in [2.45, 2.75) is 58.9 Å². The molecule has 6 heteroatoms. The molecule has 180 valence electrons. The van der Waals surface area contributed by atoms with Crippen molar-refractivity contribution >= 4 is 16.6 Å². The van der Waals surface area contributed by atoms with Crippen LogP contribution in [0.15, 0.2) is 53.3 Å². The van der Waals surface area contributed by atoms with Crippen LogP contribution in [0.1, 0.15) is 66.7 Å². The van der Waals surface area contributed by atoms with Gasteiger partial charge in [-0.3, -0.25) is 4.90 Å². The third-order valence-corrected chi connectivity index (χ3v) is 7.60. The number of aromatic amines is 1. The van der Waals surface area contributed by atoms with Crippen molar-refractivity contribution in [3.8, 4) is 11.3 Å². The van der Waals surface area contributed by atoms with Crippen LogP contribution in [0.25, 0.3) is 27.8 Å². The lowest BCUT2D eigenvalue weighted by atomic mass is 9.87. The highest BCUT2D eigenvalue weighted by atomic mass is 16.3. The van der Waals surface area contributed by atoms with Gasteiger partial charge >= 0.3 is 0 Å². The first-order chi connectivity index (χ1) is 17.0. The fraction of sp³-hybridized carbons (Fsp3) is 0.379. The third-order valence-electron chi connectivity index (χ3n) is 7.60. The summed E-state index contributed by atoms with van der Waals surface area (Å²) in [5.41, 5.74) is 8.56. The number of rotatable bonds is 5. The monoisotopic (exact) mass is 467 g/mol. The van der Waals surface area contributed by atoms with Gasteiger partial charge in [-0.15, -0.1) is 0 Å². The maximum absolute atomic E-state index is 5.73. The molecule has 5 aromatic rings. The van der Waals surface area contributed by atoms with Crippen LogP contribution in [0, 0.1) is 13.8 Å². The lowest BCUT2D eigenvalue weighted by molar-refractivity contribution is 0.203. The zero-order chi connectivity index (χ0) is 24.1. The van der Waals surface area contributed by atoms with Crippen molar-refractivity contribution in [1.82, 2.24) is 24.5 Å². The first kappa shape index (κ1) is 22.1. The molecule has 1 aliphatic rings. The summed E-state index contributed by atoms with van der Waals surface area (Å²) in [6, 6.07) is 13.4. The molecule has 1 saturated heterocycles. The topological polar surface area (TPSA) is 62.4 Å². The first-order valence-electron chi connectivity index (χ1n) is 12.7. The molecule has 0 spiro atoms. The van der Waals surface area contributed by atoms with Crippen LogP contribution in [0.2, 0.25) is 0 Å². The van der Waals surface area contributed by atoms with E-state index in [2.05, 4.69) is 77.3 Å². The Bertz CT molecular complexity index is 1500. The molecule has 0 bridgehead atoms. The highest BCUT2D eigenvalue weighted by Gasteiger charge is 2.23. The van der Waals surface area contributed by atoms with Gasteiger partial charge in [0.25, 0.3) is 0 Å². The van der Waals surface area contributed by atoms with E-state index in [9.17, 15) is 0 Å². The molecule has 1 fully saturated rings. The maximum Gasteiger partial charge on any atom is 0.155 e. The van der Waals surface area contributed by atoms with Gasteiger partial charge in [0.05, 0.1) is 5.69 Å². The first-order valence-corrected chi connectivity index (χ1v) is 12.7. The number of hydrogen-bond acceptors (Lipinski definition) is 4. The number of aryl methyl sites for hydroxylation is 2. The molecular formula is C29H33N5O. The van der Waals surface area contributed by atoms with Crippen LogP contribution < -0.4 is 0 Å². The summed E-state index contributed by atoms with van der Waals surface area (Å²) in [5, 5.41) is 5.67. The number of furan rings is 1. The zero-order valence-electron chi connectivity index (χ0n) is 21.0. The Kier molecular flexibility index (Phi) is 5.49. The Morgan fingerprint density at radius 3 is 2.66 bits per heavy atom. The number of nitrogens with zero attached hydrogens (tertiary/aromatic N) is 4. The Balaban J connectivity index is 1.26. The standard InChI is InChI=1S/C29H33N5O/c1-18(2)28-25-14-22(21-9-11-33(12-10-21)15-24-13-19(3)35-20(24)4)5-7-26(25)32-29(28)23-6-8-27-30-17-31-34(27)16-23/h5-8,13-14,16-18,21,32H,9-12,15H2,1-4H3. The van der Waals surface area contributed by atoms with E-state index in [1.54, 1.807) is 6.33 Å². The van der Waals surface area contributed by atoms with E-state index < -0.39 is 0 Å². The van der Waals surface area contributed by atoms with Gasteiger partial charge in [0.2, 0.25) is 0 Å². The summed E-state index contributed by atoms with van der Waals surface area (Å²) in [6.45, 7) is 11.9. The summed E-state index contributed by atoms with van der Waals surface area (Å²) in [5.74, 6) is 3.08. The molecule has 35 heavy (non-hydrogen) atoms. The predicted molar refractivity (Wildman–Crippen MR) is 140 cm³/mol. The average Bonchev–Trinajstić information content (AvgIpc) is 3.55. The number of fused-ring (bicyclic) bond motifs is 2. The molecule has 1 aliphatic heterocycles. The second-order valence-electron chi connectivity index (χ2n) is 10.3. The number of aromatic nitrogens is 4. The van der Waals surface area contributed by atoms with Gasteiger partial charge < -0.3 is 9.40 Å². The van der Waals surface area contributed by atoms with Crippen LogP contribution in [0.3, 0.4) is 0 Å². The minimum absolute atomic E-state index is 0.406. The number of likely N-dealkylation sites (tertiary alicyclic amines) is 1. The van der Waals surface area contributed by atoms with Gasteiger partial charge in [-0.1, -0.05) is 19.9 Å². The molecule has 6 rings (SSSR count). The Morgan fingerprint density at radius 1 is 1.09 bits per heavy atom. The summed E-state index contributed by atoms with van der Waals surface area (Å²) >= 11 is 0. The molecule has 0 radical (unpaired) electrons. The average molecular weight is 468 g/mol. The van der Waals surface area contributed by atoms with Gasteiger partial charge in [0.15, 0.2) is 5.65 Å². The highest BCUT2D eigenvalue weighted by Crippen LogP contribution is 2.38. The number of benzene rings is 1. The second kappa shape index (κ2) is 8.68. The second-order valence-corrected chi connectivity index (χ2v) is 10.3. The van der Waals surface area contributed by atoms with Gasteiger partial charge in [-0.05, 0) is 93.1 Å². The molecule has 0 unspecified atom stereocenters. The number of hydrogen-bond donors (Lipinski definition) is 1. The van der Waals surface area contributed by atoms with Crippen molar-refractivity contribution in [3.63, 3.8) is 0 Å². The predicted octanol–water partition coefficient (Wildman–Crippen LogP) is 6.59. The van der Waals surface area contributed by atoms with Crippen LogP contribution in [-0.2, 0) is 6.54 Å². The number of nitrogens with one attached hydrogen (secondary N) is 1. The van der Waals surface area contributed by atoms with Crippen LogP contribution in [0.4, 0.5) is 0 Å². The lowest BCUT2D eigenvalue weighted by Crippen LogP contribution is -2.32. The summed E-state index contributed by atoms with van der Waals surface area (Å²) in [4.78, 5) is 10.6. The largest absolute Gasteiger partial charge is 0.466 e. The summed E-state index contributed by atoms with van der Waals surface area (Å²) in [6.07, 6.45) is 6.05. The van der Waals surface area contributed by atoms with Gasteiger partial charge in [-0.25, -0.2) is 9.50 Å². The van der Waals surface area contributed by atoms with E-state index in [4.69, 9.17) is 4.42 Å². The minimum atomic E-state index is 0.406. The molecule has 1 aromatic carbocycles. The van der Waals surface area contributed by atoms with Crippen molar-refractivity contribution in [2.75, 3.05) is 13.1 Å². The van der Waals surface area contributed by atoms with E-state index in [0.717, 1.165) is 42.4 Å². The van der Waals surface area contributed by atoms with Crippen LogP contribution in [-0.4, -0.2) is 37.6 Å². The van der Waals surface area contributed by atoms with E-state index in [0.29, 0.717) is 11.8 Å². The van der Waals surface area contributed by atoms with Crippen molar-refractivity contribution in [3.05, 3.63) is 77.1 Å². The molecule has 0 aliphatic carbocycles. The highest BCUT2D eigenvalue weighted by molar-refractivity contribution is 5.92. The fourth-order valence-electron chi connectivity index (χ4n) is 5.78. The van der Waals surface area contributed by atoms with Crippen LogP contribution >= 0.6 is 0 Å². The van der Waals surface area contributed by atoms with Gasteiger partial charge in [-0.2, -0.15) is 5.10 Å². The molecule has 0 atom stereocenters. The van der Waals surface area contributed by atoms with Crippen LogP contribution in [0.5, 0.6) is 0 Å². The van der Waals surface area contributed by atoms with Crippen molar-refractivity contribution in [2.24, 2.45) is 0 Å². The normalized spacial score (nSPS) is 15.7. The zero-order valence-corrected chi connectivity index (χ0v) is 21.0. The van der Waals surface area contributed by atoms with Crippen molar-refractivity contribution in [1.29, 1.82) is 0 Å². The maximum atomic E-state index is 5.73. The SMILES string of the molecule is Cc1cc(CN2CCC(c3ccc4[nH]c(-c5ccc6ncnn6c5)c(C(C)C)c4c3)CC2)c(C)o1. The van der Waals surface area contributed by atoms with Gasteiger partial charge in [0.1, 0.15) is 17.8 Å². The Morgan fingerprint density at radius 2 is 1.91 bits per heavy atom. The molecule has 4 aromatic heterocycles. The summed E-state index contributed by atoms with van der Waals surface area (Å²) in [7, 11) is 0. The Labute approximate surface area is 206 Å². The lowest BCUT2D eigenvalue weighted by Gasteiger charge is -2.32. The van der Waals surface area contributed by atoms with Crippen molar-refractivity contribution < 1.29 is 4.42 Å². The van der Waals surface area contributed by atoms with E-state index >= 15 is 0 Å².